The SMILES string of the molecule is CC1CC1NC(=NCCCOCC1CC1)Nc1ccc2c(c1)OCCCO2.I. The molecule has 2 saturated carbocycles. The zero-order valence-corrected chi connectivity index (χ0v) is 18.9. The number of ether oxygens (including phenoxy) is 3. The molecule has 7 heteroatoms. The monoisotopic (exact) mass is 501 g/mol. The van der Waals surface area contributed by atoms with Gasteiger partial charge in [0.05, 0.1) is 13.2 Å². The normalized spacial score (nSPS) is 23.4. The molecule has 2 unspecified atom stereocenters. The van der Waals surface area contributed by atoms with Crippen molar-refractivity contribution < 1.29 is 14.2 Å². The molecule has 1 aromatic rings. The van der Waals surface area contributed by atoms with Crippen molar-refractivity contribution in [2.24, 2.45) is 16.8 Å². The average Bonchev–Trinajstić information content (AvgIpc) is 3.56. The van der Waals surface area contributed by atoms with E-state index in [-0.39, 0.29) is 24.0 Å². The Morgan fingerprint density at radius 2 is 2.00 bits per heavy atom. The molecule has 2 atom stereocenters. The van der Waals surface area contributed by atoms with Crippen LogP contribution in [0.15, 0.2) is 23.2 Å². The summed E-state index contributed by atoms with van der Waals surface area (Å²) in [4.78, 5) is 4.74. The van der Waals surface area contributed by atoms with Crippen LogP contribution in [-0.4, -0.2) is 45.0 Å². The van der Waals surface area contributed by atoms with E-state index < -0.39 is 0 Å². The second-order valence-electron chi connectivity index (χ2n) is 7.90. The minimum atomic E-state index is 0. The number of halogens is 1. The molecule has 0 bridgehead atoms. The Kier molecular flexibility index (Phi) is 8.08. The summed E-state index contributed by atoms with van der Waals surface area (Å²) in [5, 5.41) is 6.95. The lowest BCUT2D eigenvalue weighted by Crippen LogP contribution is -2.33. The zero-order valence-electron chi connectivity index (χ0n) is 16.6. The Balaban J connectivity index is 0.00000225. The molecule has 0 aromatic heterocycles. The topological polar surface area (TPSA) is 64.1 Å². The molecule has 0 spiro atoms. The van der Waals surface area contributed by atoms with Crippen LogP contribution in [0.5, 0.6) is 11.5 Å². The van der Waals surface area contributed by atoms with E-state index in [1.54, 1.807) is 0 Å². The van der Waals surface area contributed by atoms with E-state index >= 15 is 0 Å². The van der Waals surface area contributed by atoms with Gasteiger partial charge in [0.2, 0.25) is 0 Å². The molecule has 2 N–H and O–H groups in total. The van der Waals surface area contributed by atoms with Crippen molar-refractivity contribution in [1.29, 1.82) is 0 Å². The number of aliphatic imine (C=N–C) groups is 1. The number of nitrogens with zero attached hydrogens (tertiary/aromatic N) is 1. The van der Waals surface area contributed by atoms with Gasteiger partial charge in [-0.25, -0.2) is 0 Å². The molecule has 3 aliphatic rings. The van der Waals surface area contributed by atoms with Gasteiger partial charge in [-0.2, -0.15) is 0 Å². The van der Waals surface area contributed by atoms with Gasteiger partial charge >= 0.3 is 0 Å². The molecule has 1 heterocycles. The third kappa shape index (κ3) is 6.69. The maximum absolute atomic E-state index is 5.79. The largest absolute Gasteiger partial charge is 0.490 e. The molecule has 2 fully saturated rings. The molecule has 1 aliphatic heterocycles. The van der Waals surface area contributed by atoms with Crippen molar-refractivity contribution in [3.05, 3.63) is 18.2 Å². The van der Waals surface area contributed by atoms with Crippen LogP contribution < -0.4 is 20.1 Å². The van der Waals surface area contributed by atoms with Gasteiger partial charge in [-0.05, 0) is 49.7 Å². The van der Waals surface area contributed by atoms with Crippen molar-refractivity contribution in [3.8, 4) is 11.5 Å². The summed E-state index contributed by atoms with van der Waals surface area (Å²) in [7, 11) is 0. The minimum absolute atomic E-state index is 0. The van der Waals surface area contributed by atoms with Crippen molar-refractivity contribution in [3.63, 3.8) is 0 Å². The predicted molar refractivity (Wildman–Crippen MR) is 122 cm³/mol. The quantitative estimate of drug-likeness (QED) is 0.244. The molecule has 0 saturated heterocycles. The molecule has 28 heavy (non-hydrogen) atoms. The van der Waals surface area contributed by atoms with Gasteiger partial charge in [0.15, 0.2) is 17.5 Å². The fourth-order valence-electron chi connectivity index (χ4n) is 3.09. The zero-order chi connectivity index (χ0) is 18.5. The standard InChI is InChI=1S/C21H31N3O3.HI/c1-15-12-18(15)24-21(22-8-2-9-25-14-16-4-5-16)23-17-6-7-19-20(13-17)27-11-3-10-26-19;/h6-7,13,15-16,18H,2-5,8-12,14H2,1H3,(H2,22,23,24);1H. The van der Waals surface area contributed by atoms with Crippen LogP contribution in [-0.2, 0) is 4.74 Å². The molecule has 156 valence electrons. The van der Waals surface area contributed by atoms with E-state index in [1.807, 2.05) is 18.2 Å². The lowest BCUT2D eigenvalue weighted by atomic mass is 10.2. The number of fused-ring (bicyclic) bond motifs is 1. The van der Waals surface area contributed by atoms with E-state index in [1.165, 1.54) is 19.3 Å². The third-order valence-corrected chi connectivity index (χ3v) is 5.21. The van der Waals surface area contributed by atoms with Gasteiger partial charge in [-0.3, -0.25) is 4.99 Å². The van der Waals surface area contributed by atoms with Crippen molar-refractivity contribution in [2.45, 2.75) is 45.1 Å². The first-order chi connectivity index (χ1) is 13.3. The Morgan fingerprint density at radius 3 is 2.75 bits per heavy atom. The third-order valence-electron chi connectivity index (χ3n) is 5.21. The first-order valence-electron chi connectivity index (χ1n) is 10.3. The summed E-state index contributed by atoms with van der Waals surface area (Å²) in [6.07, 6.45) is 5.73. The lowest BCUT2D eigenvalue weighted by Gasteiger charge is -2.14. The number of benzene rings is 1. The predicted octanol–water partition coefficient (Wildman–Crippen LogP) is 4.05. The van der Waals surface area contributed by atoms with E-state index in [2.05, 4.69) is 17.6 Å². The Labute approximate surface area is 184 Å². The first kappa shape index (κ1) is 21.5. The van der Waals surface area contributed by atoms with Crippen LogP contribution in [0.1, 0.15) is 39.0 Å². The number of nitrogens with one attached hydrogen (secondary N) is 2. The molecular formula is C21H32IN3O3. The highest BCUT2D eigenvalue weighted by Crippen LogP contribution is 2.33. The number of guanidine groups is 1. The van der Waals surface area contributed by atoms with Crippen LogP contribution in [0.2, 0.25) is 0 Å². The first-order valence-corrected chi connectivity index (χ1v) is 10.3. The number of hydrogen-bond donors (Lipinski definition) is 2. The fourth-order valence-corrected chi connectivity index (χ4v) is 3.09. The van der Waals surface area contributed by atoms with Crippen LogP contribution in [0.25, 0.3) is 0 Å². The van der Waals surface area contributed by atoms with Gasteiger partial charge in [-0.15, -0.1) is 24.0 Å². The van der Waals surface area contributed by atoms with E-state index in [4.69, 9.17) is 19.2 Å². The summed E-state index contributed by atoms with van der Waals surface area (Å²) in [6.45, 7) is 6.12. The molecule has 1 aromatic carbocycles. The molecular weight excluding hydrogens is 469 g/mol. The van der Waals surface area contributed by atoms with Gasteiger partial charge in [0.1, 0.15) is 0 Å². The highest BCUT2D eigenvalue weighted by molar-refractivity contribution is 14.0. The fraction of sp³-hybridized carbons (Fsp3) is 0.667. The summed E-state index contributed by atoms with van der Waals surface area (Å²) in [5.74, 6) is 3.98. The van der Waals surface area contributed by atoms with Crippen molar-refractivity contribution >= 4 is 35.6 Å². The van der Waals surface area contributed by atoms with Gasteiger partial charge in [0, 0.05) is 44.0 Å². The Morgan fingerprint density at radius 1 is 1.21 bits per heavy atom. The van der Waals surface area contributed by atoms with Crippen LogP contribution in [0.4, 0.5) is 5.69 Å². The second kappa shape index (κ2) is 10.5. The summed E-state index contributed by atoms with van der Waals surface area (Å²) in [6, 6.07) is 6.49. The van der Waals surface area contributed by atoms with Crippen molar-refractivity contribution in [1.82, 2.24) is 5.32 Å². The van der Waals surface area contributed by atoms with Crippen LogP contribution >= 0.6 is 24.0 Å². The Hall–Kier alpha value is -1.22. The number of rotatable bonds is 8. The van der Waals surface area contributed by atoms with Crippen LogP contribution in [0, 0.1) is 11.8 Å². The summed E-state index contributed by atoms with van der Waals surface area (Å²) in [5.41, 5.74) is 0.962. The van der Waals surface area contributed by atoms with Gasteiger partial charge in [0.25, 0.3) is 0 Å². The number of anilines is 1. The summed E-state index contributed by atoms with van der Waals surface area (Å²) >= 11 is 0. The molecule has 4 rings (SSSR count). The Bertz CT molecular complexity index is 666. The highest BCUT2D eigenvalue weighted by atomic mass is 127. The average molecular weight is 501 g/mol. The van der Waals surface area contributed by atoms with E-state index in [9.17, 15) is 0 Å². The lowest BCUT2D eigenvalue weighted by molar-refractivity contribution is 0.123. The number of hydrogen-bond acceptors (Lipinski definition) is 4. The van der Waals surface area contributed by atoms with E-state index in [0.717, 1.165) is 61.7 Å². The van der Waals surface area contributed by atoms with E-state index in [0.29, 0.717) is 25.2 Å². The van der Waals surface area contributed by atoms with Crippen molar-refractivity contribution in [2.75, 3.05) is 38.3 Å². The minimum Gasteiger partial charge on any atom is -0.490 e. The molecule has 2 aliphatic carbocycles. The molecule has 0 radical (unpaired) electrons. The second-order valence-corrected chi connectivity index (χ2v) is 7.90. The molecule has 0 amide bonds. The highest BCUT2D eigenvalue weighted by Gasteiger charge is 2.33. The van der Waals surface area contributed by atoms with Crippen LogP contribution in [0.3, 0.4) is 0 Å². The smallest absolute Gasteiger partial charge is 0.196 e. The maximum Gasteiger partial charge on any atom is 0.196 e. The van der Waals surface area contributed by atoms with Gasteiger partial charge < -0.3 is 24.8 Å². The van der Waals surface area contributed by atoms with Gasteiger partial charge in [-0.1, -0.05) is 6.92 Å². The molecule has 6 nitrogen and oxygen atoms in total. The maximum atomic E-state index is 5.79. The summed E-state index contributed by atoms with van der Waals surface area (Å²) < 4.78 is 17.2.